The third kappa shape index (κ3) is 15.7. The molecule has 9 amide bonds. The number of anilines is 1. The van der Waals surface area contributed by atoms with Crippen LogP contribution in [0.3, 0.4) is 0 Å². The SMILES string of the molecule is COc1cc2cc(c1Cl)N(C)C(=O)C[C@H](OC(=O)[C@H](C)N(C)C(=O)[C@H](CCCNC(N)=O)NC(=O)C(NC(=O)CCCCCN1C(=O)CCC1=O)C(C)C)[C@]1(C)O[C@H]1[C@H](C)[C@@H]1CC(NC(=O)O1)C(OC)/C=C/C=C(\C)C2. The maximum atomic E-state index is 14.5. The number of nitrogens with two attached hydrogens (primary N) is 1. The number of hydrogen-bond acceptors (Lipinski definition) is 14. The average Bonchev–Trinajstić information content (AvgIpc) is 3.99. The molecule has 4 heterocycles. The Labute approximate surface area is 449 Å². The average molecular weight is 1090 g/mol. The van der Waals surface area contributed by atoms with E-state index in [9.17, 15) is 43.2 Å². The minimum Gasteiger partial charge on any atom is -0.495 e. The number of rotatable bonds is 20. The number of epoxide rings is 1. The van der Waals surface area contributed by atoms with Gasteiger partial charge in [-0.25, -0.2) is 14.4 Å². The summed E-state index contributed by atoms with van der Waals surface area (Å²) in [7, 11) is 5.92. The first-order chi connectivity index (χ1) is 35.9. The van der Waals surface area contributed by atoms with Gasteiger partial charge < -0.3 is 60.5 Å². The number of urea groups is 1. The number of unbranched alkanes of at least 4 members (excludes halogenated alkanes) is 2. The van der Waals surface area contributed by atoms with Crippen molar-refractivity contribution >= 4 is 70.8 Å². The molecule has 4 aliphatic rings. The molecule has 3 unspecified atom stereocenters. The number of benzene rings is 1. The summed E-state index contributed by atoms with van der Waals surface area (Å²) in [6.45, 7) is 10.7. The number of nitrogens with zero attached hydrogens (tertiary/aromatic N) is 3. The molecule has 23 heteroatoms. The molecule has 5 rings (SSSR count). The molecule has 76 heavy (non-hydrogen) atoms. The van der Waals surface area contributed by atoms with Crippen LogP contribution in [-0.4, -0.2) is 159 Å². The molecular formula is C53H77ClN8O14. The van der Waals surface area contributed by atoms with Crippen LogP contribution in [0.15, 0.2) is 35.9 Å². The molecule has 0 aromatic heterocycles. The molecule has 0 aliphatic carbocycles. The number of primary amides is 1. The van der Waals surface area contributed by atoms with Crippen molar-refractivity contribution in [3.63, 3.8) is 0 Å². The lowest BCUT2D eigenvalue weighted by atomic mass is 9.84. The molecule has 6 N–H and O–H groups in total. The smallest absolute Gasteiger partial charge is 0.407 e. The van der Waals surface area contributed by atoms with Crippen LogP contribution in [0.1, 0.15) is 111 Å². The molecule has 0 saturated carbocycles. The number of carbonyl (C=O) groups is 9. The second-order valence-electron chi connectivity index (χ2n) is 20.7. The Bertz CT molecular complexity index is 2380. The molecule has 4 bridgehead atoms. The van der Waals surface area contributed by atoms with Gasteiger partial charge in [0.15, 0.2) is 0 Å². The maximum absolute atomic E-state index is 14.5. The normalized spacial score (nSPS) is 26.1. The molecule has 3 fully saturated rings. The van der Waals surface area contributed by atoms with E-state index in [1.165, 1.54) is 30.9 Å². The van der Waals surface area contributed by atoms with E-state index in [-0.39, 0.29) is 62.0 Å². The third-order valence-corrected chi connectivity index (χ3v) is 15.1. The first kappa shape index (κ1) is 60.6. The van der Waals surface area contributed by atoms with Gasteiger partial charge >= 0.3 is 18.1 Å². The topological polar surface area (TPSA) is 287 Å². The van der Waals surface area contributed by atoms with Crippen molar-refractivity contribution in [1.29, 1.82) is 0 Å². The minimum atomic E-state index is -1.31. The van der Waals surface area contributed by atoms with Crippen LogP contribution >= 0.6 is 11.6 Å². The van der Waals surface area contributed by atoms with E-state index < -0.39 is 114 Å². The first-order valence-electron chi connectivity index (χ1n) is 26.0. The van der Waals surface area contributed by atoms with Gasteiger partial charge in [0, 0.05) is 65.9 Å². The zero-order chi connectivity index (χ0) is 56.2. The molecule has 0 spiro atoms. The molecule has 10 atom stereocenters. The lowest BCUT2D eigenvalue weighted by molar-refractivity contribution is -0.162. The van der Waals surface area contributed by atoms with Crippen molar-refractivity contribution in [3.05, 3.63) is 46.5 Å². The quantitative estimate of drug-likeness (QED) is 0.0535. The zero-order valence-electron chi connectivity index (χ0n) is 45.4. The molecule has 3 saturated heterocycles. The number of ether oxygens (including phenoxy) is 5. The highest BCUT2D eigenvalue weighted by Crippen LogP contribution is 2.49. The molecular weight excluding hydrogens is 1010 g/mol. The van der Waals surface area contributed by atoms with Crippen molar-refractivity contribution in [2.24, 2.45) is 17.6 Å². The van der Waals surface area contributed by atoms with E-state index in [0.717, 1.165) is 16.0 Å². The summed E-state index contributed by atoms with van der Waals surface area (Å²) in [6, 6.07) is -1.34. The van der Waals surface area contributed by atoms with Crippen molar-refractivity contribution in [3.8, 4) is 5.75 Å². The number of fused-ring (bicyclic) bond motifs is 5. The maximum Gasteiger partial charge on any atom is 0.407 e. The van der Waals surface area contributed by atoms with Crippen LogP contribution in [0.5, 0.6) is 5.75 Å². The Hall–Kier alpha value is -6.26. The molecule has 0 radical (unpaired) electrons. The fraction of sp³-hybridized carbons (Fsp3) is 0.642. The van der Waals surface area contributed by atoms with Crippen LogP contribution in [-0.2, 0) is 58.9 Å². The number of allylic oxidation sites excluding steroid dienone is 3. The van der Waals surface area contributed by atoms with Crippen LogP contribution in [0.2, 0.25) is 5.02 Å². The summed E-state index contributed by atoms with van der Waals surface area (Å²) in [6.07, 6.45) is 4.40. The number of carbonyl (C=O) groups excluding carboxylic acids is 9. The predicted octanol–water partition coefficient (Wildman–Crippen LogP) is 3.98. The Morgan fingerprint density at radius 1 is 1.00 bits per heavy atom. The van der Waals surface area contributed by atoms with E-state index >= 15 is 0 Å². The lowest BCUT2D eigenvalue weighted by Gasteiger charge is -2.36. The van der Waals surface area contributed by atoms with Gasteiger partial charge in [-0.2, -0.15) is 0 Å². The molecule has 4 aliphatic heterocycles. The van der Waals surface area contributed by atoms with E-state index in [2.05, 4.69) is 21.3 Å². The summed E-state index contributed by atoms with van der Waals surface area (Å²) in [5, 5.41) is 11.0. The summed E-state index contributed by atoms with van der Waals surface area (Å²) in [4.78, 5) is 123. The predicted molar refractivity (Wildman–Crippen MR) is 280 cm³/mol. The van der Waals surface area contributed by atoms with Crippen molar-refractivity contribution in [1.82, 2.24) is 31.1 Å². The third-order valence-electron chi connectivity index (χ3n) is 14.7. The fourth-order valence-electron chi connectivity index (χ4n) is 9.81. The van der Waals surface area contributed by atoms with Gasteiger partial charge in [-0.05, 0) is 76.5 Å². The fourth-order valence-corrected chi connectivity index (χ4v) is 10.1. The van der Waals surface area contributed by atoms with Crippen LogP contribution in [0, 0.1) is 11.8 Å². The number of hydrogen-bond donors (Lipinski definition) is 5. The molecule has 22 nitrogen and oxygen atoms in total. The van der Waals surface area contributed by atoms with E-state index in [1.54, 1.807) is 47.1 Å². The number of imide groups is 1. The number of likely N-dealkylation sites (tertiary alicyclic amines) is 1. The number of nitrogens with one attached hydrogen (secondary N) is 4. The second kappa shape index (κ2) is 27.2. The molecule has 420 valence electrons. The Kier molecular flexibility index (Phi) is 21.7. The van der Waals surface area contributed by atoms with Crippen molar-refractivity contribution in [2.75, 3.05) is 46.3 Å². The number of likely N-dealkylation sites (N-methyl/N-ethyl adjacent to an activating group) is 1. The van der Waals surface area contributed by atoms with Gasteiger partial charge in [0.05, 0.1) is 37.5 Å². The first-order valence-corrected chi connectivity index (χ1v) is 26.4. The highest BCUT2D eigenvalue weighted by atomic mass is 35.5. The lowest BCUT2D eigenvalue weighted by Crippen LogP contribution is -2.57. The van der Waals surface area contributed by atoms with E-state index in [4.69, 9.17) is 41.0 Å². The van der Waals surface area contributed by atoms with Crippen LogP contribution < -0.4 is 36.6 Å². The molecule has 1 aromatic carbocycles. The minimum absolute atomic E-state index is 0.0133. The number of alkyl carbamates (subject to hydrolysis) is 1. The van der Waals surface area contributed by atoms with Crippen LogP contribution in [0.4, 0.5) is 15.3 Å². The van der Waals surface area contributed by atoms with Gasteiger partial charge in [0.2, 0.25) is 35.4 Å². The summed E-state index contributed by atoms with van der Waals surface area (Å²) in [5.41, 5.74) is 6.06. The van der Waals surface area contributed by atoms with Gasteiger partial charge in [-0.15, -0.1) is 0 Å². The monoisotopic (exact) mass is 1080 g/mol. The van der Waals surface area contributed by atoms with Crippen LogP contribution in [0.25, 0.3) is 0 Å². The van der Waals surface area contributed by atoms with Crippen molar-refractivity contribution in [2.45, 2.75) is 166 Å². The van der Waals surface area contributed by atoms with E-state index in [1.807, 2.05) is 32.1 Å². The summed E-state index contributed by atoms with van der Waals surface area (Å²) >= 11 is 6.85. The number of halogens is 1. The highest BCUT2D eigenvalue weighted by molar-refractivity contribution is 6.35. The number of amides is 9. The molecule has 1 aromatic rings. The summed E-state index contributed by atoms with van der Waals surface area (Å²) in [5.74, 6) is -4.15. The van der Waals surface area contributed by atoms with Gasteiger partial charge in [-0.3, -0.25) is 33.7 Å². The Morgan fingerprint density at radius 2 is 1.70 bits per heavy atom. The Balaban J connectivity index is 1.36. The van der Waals surface area contributed by atoms with Gasteiger partial charge in [0.25, 0.3) is 0 Å². The Morgan fingerprint density at radius 3 is 2.34 bits per heavy atom. The highest BCUT2D eigenvalue weighted by Gasteiger charge is 2.64. The second-order valence-corrected chi connectivity index (χ2v) is 21.0. The standard InChI is InChI=1S/C53H77ClN8O14/c1-29(2)46(59-41(63)19-12-11-13-23-62-42(64)20-21-43(62)65)48(67)57-34(17-15-22-56-51(55)70)49(68)60(7)32(5)50(69)75-40-28-44(66)61(8)36-25-33(26-39(73-10)45(36)54)24-30(3)16-14-18-37(72-9)35-27-38(74-52(71)58-35)31(4)47-53(40,6)76-47/h14,16,18,25-26,29,31-32,34-35,37-38,40,46-47H,11-13,15,17,19-24,27-28H2,1-10H3,(H,57,67)(H,58,71)(H,59,63)(H3,55,56,70)/b18-14+,30-16+/t31-,32+,34+,35?,37?,38+,40+,46?,47+,53+/m1/s1. The number of methoxy groups -OCH3 is 2. The van der Waals surface area contributed by atoms with Gasteiger partial charge in [0.1, 0.15) is 46.7 Å². The van der Waals surface area contributed by atoms with Crippen molar-refractivity contribution < 1.29 is 66.8 Å². The van der Waals surface area contributed by atoms with Gasteiger partial charge in [-0.1, -0.05) is 62.6 Å². The largest absolute Gasteiger partial charge is 0.495 e. The zero-order valence-corrected chi connectivity index (χ0v) is 46.1. The summed E-state index contributed by atoms with van der Waals surface area (Å²) < 4.78 is 29.9. The van der Waals surface area contributed by atoms with E-state index in [0.29, 0.717) is 43.5 Å². The number of esters is 1.